The van der Waals surface area contributed by atoms with E-state index >= 15 is 0 Å². The first-order valence-corrected chi connectivity index (χ1v) is 9.14. The number of aliphatic carboxylic acids is 1. The Morgan fingerprint density at radius 2 is 1.22 bits per heavy atom. The van der Waals surface area contributed by atoms with E-state index in [9.17, 15) is 20.1 Å². The van der Waals surface area contributed by atoms with Gasteiger partial charge >= 0.3 is 5.97 Å². The highest BCUT2D eigenvalue weighted by Crippen LogP contribution is 2.39. The summed E-state index contributed by atoms with van der Waals surface area (Å²) < 4.78 is 0. The van der Waals surface area contributed by atoms with Crippen LogP contribution in [0.5, 0.6) is 11.5 Å². The highest BCUT2D eigenvalue weighted by molar-refractivity contribution is 5.81. The van der Waals surface area contributed by atoms with Gasteiger partial charge in [-0.1, -0.05) is 56.2 Å². The fraction of sp³-hybridized carbons (Fsp3) is 0.435. The maximum Gasteiger partial charge on any atom is 0.313 e. The Bertz CT molecular complexity index is 886. The molecule has 2 aromatic carbocycles. The van der Waals surface area contributed by atoms with Gasteiger partial charge in [0.15, 0.2) is 0 Å². The van der Waals surface area contributed by atoms with Gasteiger partial charge in [0.05, 0.1) is 5.41 Å². The molecule has 0 fully saturated rings. The first-order chi connectivity index (χ1) is 12.2. The van der Waals surface area contributed by atoms with Gasteiger partial charge in [-0.15, -0.1) is 0 Å². The molecule has 0 saturated carbocycles. The lowest BCUT2D eigenvalue weighted by Crippen LogP contribution is -2.29. The van der Waals surface area contributed by atoms with Crippen molar-refractivity contribution < 1.29 is 20.1 Å². The van der Waals surface area contributed by atoms with Crippen LogP contribution in [0, 0.1) is 13.8 Å². The number of aromatic hydroxyl groups is 2. The fourth-order valence-electron chi connectivity index (χ4n) is 3.35. The molecule has 3 N–H and O–H groups in total. The molecule has 146 valence electrons. The second-order valence-electron chi connectivity index (χ2n) is 9.00. The van der Waals surface area contributed by atoms with Crippen molar-refractivity contribution in [1.29, 1.82) is 0 Å². The van der Waals surface area contributed by atoms with Crippen LogP contribution in [0.2, 0.25) is 0 Å². The topological polar surface area (TPSA) is 77.8 Å². The molecule has 0 aliphatic heterocycles. The number of phenolic OH excluding ortho intramolecular Hbond substituents is 2. The maximum absolute atomic E-state index is 11.7. The second-order valence-corrected chi connectivity index (χ2v) is 9.00. The Morgan fingerprint density at radius 1 is 0.815 bits per heavy atom. The van der Waals surface area contributed by atoms with E-state index in [1.165, 1.54) is 0 Å². The van der Waals surface area contributed by atoms with E-state index in [1.54, 1.807) is 19.9 Å². The Kier molecular flexibility index (Phi) is 5.33. The molecule has 2 aromatic rings. The minimum Gasteiger partial charge on any atom is -0.507 e. The third-order valence-corrected chi connectivity index (χ3v) is 5.06. The lowest BCUT2D eigenvalue weighted by atomic mass is 9.80. The third kappa shape index (κ3) is 4.10. The van der Waals surface area contributed by atoms with E-state index < -0.39 is 11.4 Å². The average Bonchev–Trinajstić information content (AvgIpc) is 2.52. The van der Waals surface area contributed by atoms with E-state index in [2.05, 4.69) is 0 Å². The highest BCUT2D eigenvalue weighted by Gasteiger charge is 2.33. The largest absolute Gasteiger partial charge is 0.507 e. The monoisotopic (exact) mass is 370 g/mol. The molecule has 4 heteroatoms. The Morgan fingerprint density at radius 3 is 1.63 bits per heavy atom. The summed E-state index contributed by atoms with van der Waals surface area (Å²) in [4.78, 5) is 11.7. The molecule has 0 aliphatic carbocycles. The minimum atomic E-state index is -1.21. The van der Waals surface area contributed by atoms with E-state index in [0.717, 1.165) is 22.3 Å². The van der Waals surface area contributed by atoms with Gasteiger partial charge in [0.2, 0.25) is 0 Å². The molecule has 0 radical (unpaired) electrons. The summed E-state index contributed by atoms with van der Waals surface area (Å²) in [5.74, 6) is -0.790. The van der Waals surface area contributed by atoms with Gasteiger partial charge in [-0.2, -0.15) is 0 Å². The predicted octanol–water partition coefficient (Wildman–Crippen LogP) is 4.97. The predicted molar refractivity (Wildman–Crippen MR) is 108 cm³/mol. The number of hydrogen-bond acceptors (Lipinski definition) is 3. The van der Waals surface area contributed by atoms with Gasteiger partial charge in [0.25, 0.3) is 0 Å². The van der Waals surface area contributed by atoms with Crippen LogP contribution in [0.1, 0.15) is 68.0 Å². The average molecular weight is 370 g/mol. The zero-order valence-corrected chi connectivity index (χ0v) is 17.3. The van der Waals surface area contributed by atoms with E-state index in [4.69, 9.17) is 0 Å². The molecule has 0 aliphatic rings. The van der Waals surface area contributed by atoms with Crippen LogP contribution in [0.15, 0.2) is 24.3 Å². The first-order valence-electron chi connectivity index (χ1n) is 9.14. The molecule has 4 nitrogen and oxygen atoms in total. The van der Waals surface area contributed by atoms with Crippen LogP contribution in [0.3, 0.4) is 0 Å². The van der Waals surface area contributed by atoms with Crippen molar-refractivity contribution in [3.8, 4) is 11.5 Å². The van der Waals surface area contributed by atoms with Crippen LogP contribution in [-0.4, -0.2) is 21.3 Å². The summed E-state index contributed by atoms with van der Waals surface area (Å²) in [7, 11) is 0. The van der Waals surface area contributed by atoms with Crippen LogP contribution < -0.4 is 0 Å². The van der Waals surface area contributed by atoms with E-state index in [-0.39, 0.29) is 16.9 Å². The van der Waals surface area contributed by atoms with Crippen molar-refractivity contribution in [3.63, 3.8) is 0 Å². The fourth-order valence-corrected chi connectivity index (χ4v) is 3.35. The second kappa shape index (κ2) is 6.91. The first kappa shape index (κ1) is 20.8. The molecular formula is C23H30O4. The number of carboxylic acids is 1. The molecule has 0 bridgehead atoms. The normalized spacial score (nSPS) is 12.3. The molecule has 0 atom stereocenters. The smallest absolute Gasteiger partial charge is 0.313 e. The minimum absolute atomic E-state index is 0.0220. The van der Waals surface area contributed by atoms with Crippen LogP contribution >= 0.6 is 0 Å². The summed E-state index contributed by atoms with van der Waals surface area (Å²) in [6, 6.07) is 7.45. The van der Waals surface area contributed by atoms with Gasteiger partial charge < -0.3 is 15.3 Å². The van der Waals surface area contributed by atoms with Gasteiger partial charge in [0.1, 0.15) is 11.5 Å². The number of rotatable bonds is 4. The molecule has 0 heterocycles. The van der Waals surface area contributed by atoms with Gasteiger partial charge in [-0.25, -0.2) is 0 Å². The van der Waals surface area contributed by atoms with Gasteiger partial charge in [-0.3, -0.25) is 4.79 Å². The molecular weight excluding hydrogens is 340 g/mol. The Hall–Kier alpha value is -2.49. The Balaban J connectivity index is 2.62. The van der Waals surface area contributed by atoms with E-state index in [0.29, 0.717) is 17.5 Å². The highest BCUT2D eigenvalue weighted by atomic mass is 16.4. The van der Waals surface area contributed by atoms with Crippen molar-refractivity contribution in [3.05, 3.63) is 57.6 Å². The molecule has 0 aromatic heterocycles. The summed E-state index contributed by atoms with van der Waals surface area (Å²) >= 11 is 0. The number of carboxylic acid groups (broad SMARTS) is 1. The standard InChI is InChI=1S/C23H30O4/c1-13-8-15(19(24)17(10-13)22(3,4)5)12-16-9-14(2)11-18(20(16)25)23(6,7)21(26)27/h8-11,24-25H,12H2,1-7H3,(H,26,27). The van der Waals surface area contributed by atoms with Crippen LogP contribution in [0.25, 0.3) is 0 Å². The molecule has 27 heavy (non-hydrogen) atoms. The maximum atomic E-state index is 11.7. The lowest BCUT2D eigenvalue weighted by Gasteiger charge is -2.25. The van der Waals surface area contributed by atoms with Crippen molar-refractivity contribution in [2.45, 2.75) is 65.7 Å². The van der Waals surface area contributed by atoms with Crippen molar-refractivity contribution in [1.82, 2.24) is 0 Å². The Labute approximate surface area is 161 Å². The van der Waals surface area contributed by atoms with Crippen LogP contribution in [0.4, 0.5) is 0 Å². The van der Waals surface area contributed by atoms with Crippen molar-refractivity contribution in [2.75, 3.05) is 0 Å². The summed E-state index contributed by atoms with van der Waals surface area (Å²) in [6.07, 6.45) is 0.326. The number of benzene rings is 2. The summed E-state index contributed by atoms with van der Waals surface area (Å²) in [5.41, 5.74) is 3.05. The SMILES string of the molecule is Cc1cc(Cc2cc(C)cc(C(C)(C)C(=O)O)c2O)c(O)c(C(C)(C)C)c1. The quantitative estimate of drug-likeness (QED) is 0.710. The molecule has 0 saturated heterocycles. The number of aryl methyl sites for hydroxylation is 2. The van der Waals surface area contributed by atoms with Gasteiger partial charge in [0, 0.05) is 12.0 Å². The van der Waals surface area contributed by atoms with Crippen molar-refractivity contribution in [2.24, 2.45) is 0 Å². The number of hydrogen-bond donors (Lipinski definition) is 3. The molecule has 0 amide bonds. The van der Waals surface area contributed by atoms with E-state index in [1.807, 2.05) is 52.8 Å². The molecule has 2 rings (SSSR count). The zero-order chi connectivity index (χ0) is 20.7. The third-order valence-electron chi connectivity index (χ3n) is 5.06. The number of carbonyl (C=O) groups is 1. The summed E-state index contributed by atoms with van der Waals surface area (Å²) in [6.45, 7) is 13.1. The molecule has 0 unspecified atom stereocenters. The lowest BCUT2D eigenvalue weighted by molar-refractivity contribution is -0.142. The zero-order valence-electron chi connectivity index (χ0n) is 17.3. The molecule has 0 spiro atoms. The number of phenols is 2. The summed E-state index contributed by atoms with van der Waals surface area (Å²) in [5, 5.41) is 31.2. The van der Waals surface area contributed by atoms with Crippen LogP contribution in [-0.2, 0) is 22.0 Å². The van der Waals surface area contributed by atoms with Gasteiger partial charge in [-0.05, 0) is 49.8 Å². The van der Waals surface area contributed by atoms with Crippen molar-refractivity contribution >= 4 is 5.97 Å².